The molecule has 10 nitrogen and oxygen atoms in total. The molecule has 0 fully saturated rings. The van der Waals surface area contributed by atoms with E-state index in [0.717, 1.165) is 38.5 Å². The summed E-state index contributed by atoms with van der Waals surface area (Å²) in [5, 5.41) is 18.5. The monoisotopic (exact) mass is 486 g/mol. The van der Waals surface area contributed by atoms with Gasteiger partial charge in [0.2, 0.25) is 5.89 Å². The Bertz CT molecular complexity index is 1560. The van der Waals surface area contributed by atoms with Gasteiger partial charge in [0.25, 0.3) is 0 Å². The Labute approximate surface area is 206 Å². The van der Waals surface area contributed by atoms with Crippen molar-refractivity contribution in [2.45, 2.75) is 13.0 Å². The minimum absolute atomic E-state index is 0.00543. The molecule has 2 aromatic carbocycles. The number of anilines is 1. The summed E-state index contributed by atoms with van der Waals surface area (Å²) < 4.78 is 11.2. The van der Waals surface area contributed by atoms with Crippen molar-refractivity contribution in [2.24, 2.45) is 5.73 Å². The fourth-order valence-electron chi connectivity index (χ4n) is 4.14. The minimum atomic E-state index is -0.336. The van der Waals surface area contributed by atoms with Crippen LogP contribution in [0.15, 0.2) is 59.5 Å². The number of nitrogens with zero attached hydrogens (tertiary/aromatic N) is 2. The number of oxazole rings is 1. The molecular formula is C26H26N6O4. The fraction of sp³-hybridized carbons (Fsp3) is 0.192. The van der Waals surface area contributed by atoms with Crippen molar-refractivity contribution in [1.29, 1.82) is 5.41 Å². The van der Waals surface area contributed by atoms with E-state index >= 15 is 0 Å². The molecule has 3 heterocycles. The first-order chi connectivity index (χ1) is 17.4. The lowest BCUT2D eigenvalue weighted by atomic mass is 10.1. The lowest BCUT2D eigenvalue weighted by molar-refractivity contribution is -0.144. The van der Waals surface area contributed by atoms with Crippen LogP contribution in [-0.4, -0.2) is 52.1 Å². The average Bonchev–Trinajstić information content (AvgIpc) is 3.61. The zero-order chi connectivity index (χ0) is 25.2. The number of esters is 1. The van der Waals surface area contributed by atoms with Gasteiger partial charge in [-0.1, -0.05) is 18.2 Å². The normalized spacial score (nSPS) is 11.3. The highest BCUT2D eigenvalue weighted by Gasteiger charge is 2.14. The summed E-state index contributed by atoms with van der Waals surface area (Å²) >= 11 is 0. The van der Waals surface area contributed by atoms with Gasteiger partial charge in [-0.25, -0.2) is 0 Å². The number of benzene rings is 2. The van der Waals surface area contributed by atoms with Crippen molar-refractivity contribution in [3.8, 4) is 11.5 Å². The van der Waals surface area contributed by atoms with Crippen LogP contribution in [0.25, 0.3) is 33.3 Å². The van der Waals surface area contributed by atoms with Crippen molar-refractivity contribution in [3.63, 3.8) is 0 Å². The zero-order valence-electron chi connectivity index (χ0n) is 19.7. The van der Waals surface area contributed by atoms with Crippen LogP contribution in [0.5, 0.6) is 0 Å². The second kappa shape index (κ2) is 9.59. The van der Waals surface area contributed by atoms with Crippen LogP contribution in [0.2, 0.25) is 0 Å². The topological polar surface area (TPSA) is 157 Å². The number of hydrogen-bond donors (Lipinski definition) is 5. The first-order valence-electron chi connectivity index (χ1n) is 11.4. The smallest absolute Gasteiger partial charge is 0.310 e. The molecule has 5 aromatic rings. The summed E-state index contributed by atoms with van der Waals surface area (Å²) in [5.74, 6) is 0.784. The van der Waals surface area contributed by atoms with Crippen LogP contribution >= 0.6 is 0 Å². The highest BCUT2D eigenvalue weighted by atomic mass is 16.5. The van der Waals surface area contributed by atoms with Crippen LogP contribution in [0.4, 0.5) is 5.82 Å². The predicted octanol–water partition coefficient (Wildman–Crippen LogP) is 3.30. The number of nitrogens with two attached hydrogens (primary N) is 1. The Morgan fingerprint density at radius 1 is 1.14 bits per heavy atom. The molecule has 5 rings (SSSR count). The summed E-state index contributed by atoms with van der Waals surface area (Å²) in [5.41, 5.74) is 10.4. The lowest BCUT2D eigenvalue weighted by Crippen LogP contribution is -2.21. The summed E-state index contributed by atoms with van der Waals surface area (Å²) in [6.07, 6.45) is 5.29. The maximum atomic E-state index is 12.6. The summed E-state index contributed by atoms with van der Waals surface area (Å²) in [4.78, 5) is 25.2. The molecule has 0 spiro atoms. The third kappa shape index (κ3) is 4.53. The Morgan fingerprint density at radius 2 is 1.86 bits per heavy atom. The Balaban J connectivity index is 1.25. The molecule has 0 aliphatic carbocycles. The molecule has 36 heavy (non-hydrogen) atoms. The quantitative estimate of drug-likeness (QED) is 0.121. The van der Waals surface area contributed by atoms with Gasteiger partial charge in [-0.15, -0.1) is 0 Å². The van der Waals surface area contributed by atoms with Crippen LogP contribution in [0.1, 0.15) is 16.7 Å². The van der Waals surface area contributed by atoms with Crippen LogP contribution in [-0.2, 0) is 22.6 Å². The van der Waals surface area contributed by atoms with Crippen molar-refractivity contribution in [2.75, 3.05) is 25.1 Å². The van der Waals surface area contributed by atoms with Gasteiger partial charge in [-0.3, -0.25) is 10.2 Å². The molecule has 0 saturated heterocycles. The Morgan fingerprint density at radius 3 is 2.64 bits per heavy atom. The molecule has 0 bridgehead atoms. The predicted molar refractivity (Wildman–Crippen MR) is 137 cm³/mol. The van der Waals surface area contributed by atoms with Gasteiger partial charge in [0.05, 0.1) is 13.0 Å². The molecular weight excluding hydrogens is 460 g/mol. The van der Waals surface area contributed by atoms with Gasteiger partial charge in [0, 0.05) is 64.5 Å². The van der Waals surface area contributed by atoms with Gasteiger partial charge in [-0.05, 0) is 23.8 Å². The molecule has 0 atom stereocenters. The molecule has 0 saturated carbocycles. The van der Waals surface area contributed by atoms with Gasteiger partial charge in [0.1, 0.15) is 18.7 Å². The van der Waals surface area contributed by atoms with E-state index in [9.17, 15) is 4.79 Å². The van der Waals surface area contributed by atoms with Crippen LogP contribution < -0.4 is 10.6 Å². The molecule has 0 aliphatic heterocycles. The largest absolute Gasteiger partial charge is 0.460 e. The molecule has 3 aromatic heterocycles. The summed E-state index contributed by atoms with van der Waals surface area (Å²) in [6, 6.07) is 11.2. The van der Waals surface area contributed by atoms with Crippen molar-refractivity contribution >= 4 is 39.4 Å². The number of aliphatic hydroxyl groups is 1. The number of nitrogens with one attached hydrogen (secondary N) is 3. The van der Waals surface area contributed by atoms with E-state index in [0.29, 0.717) is 23.8 Å². The highest BCUT2D eigenvalue weighted by molar-refractivity contribution is 5.99. The fourth-order valence-corrected chi connectivity index (χ4v) is 4.14. The number of hydrogen-bond acceptors (Lipinski definition) is 7. The van der Waals surface area contributed by atoms with E-state index in [4.69, 9.17) is 25.4 Å². The van der Waals surface area contributed by atoms with Crippen LogP contribution in [0.3, 0.4) is 0 Å². The highest BCUT2D eigenvalue weighted by Crippen LogP contribution is 2.28. The number of carbonyl (C=O) groups excluding carboxylic acids is 1. The number of carbonyl (C=O) groups is 1. The third-order valence-electron chi connectivity index (χ3n) is 6.13. The van der Waals surface area contributed by atoms with Crippen molar-refractivity contribution in [3.05, 3.63) is 71.7 Å². The number of amidine groups is 1. The summed E-state index contributed by atoms with van der Waals surface area (Å²) in [7, 11) is 1.84. The number of aliphatic hydroxyl groups excluding tert-OH is 1. The van der Waals surface area contributed by atoms with E-state index in [-0.39, 0.29) is 31.4 Å². The molecule has 0 unspecified atom stereocenters. The second-order valence-corrected chi connectivity index (χ2v) is 8.56. The molecule has 184 valence electrons. The van der Waals surface area contributed by atoms with Gasteiger partial charge < -0.3 is 34.9 Å². The van der Waals surface area contributed by atoms with Crippen molar-refractivity contribution < 1.29 is 19.1 Å². The molecule has 0 amide bonds. The van der Waals surface area contributed by atoms with Gasteiger partial charge in [-0.2, -0.15) is 4.98 Å². The van der Waals surface area contributed by atoms with Gasteiger partial charge >= 0.3 is 5.97 Å². The number of H-pyrrole nitrogens is 2. The van der Waals surface area contributed by atoms with Crippen LogP contribution in [0, 0.1) is 5.41 Å². The first kappa shape index (κ1) is 23.2. The molecule has 6 N–H and O–H groups in total. The standard InChI is InChI=1S/C26H26N6O4/c1-32(6-7-33)23-14-36-26(31-23)16-3-5-20-18(12-30-22(20)9-16)13-35-24(34)10-17-11-29-21-8-15(25(27)28)2-4-19(17)21/h2-5,8-9,11-12,14,29-30,33H,6-7,10,13H2,1H3,(H3,27,28). The molecule has 10 heteroatoms. The SMILES string of the molecule is CN(CCO)c1coc(-c2ccc3c(COC(=O)Cc4c[nH]c5cc(C(=N)N)ccc45)c[nH]c3c2)n1. The van der Waals surface area contributed by atoms with Crippen molar-refractivity contribution in [1.82, 2.24) is 15.0 Å². The van der Waals surface area contributed by atoms with Gasteiger partial charge in [0.15, 0.2) is 5.82 Å². The number of aromatic amines is 2. The third-order valence-corrected chi connectivity index (χ3v) is 6.13. The number of likely N-dealkylation sites (N-methyl/N-ethyl adjacent to an activating group) is 1. The summed E-state index contributed by atoms with van der Waals surface area (Å²) in [6.45, 7) is 0.638. The zero-order valence-corrected chi connectivity index (χ0v) is 19.7. The number of fused-ring (bicyclic) bond motifs is 2. The number of rotatable bonds is 9. The number of aromatic nitrogens is 3. The minimum Gasteiger partial charge on any atom is -0.460 e. The lowest BCUT2D eigenvalue weighted by Gasteiger charge is -2.12. The van der Waals surface area contributed by atoms with E-state index in [1.165, 1.54) is 0 Å². The Hall–Kier alpha value is -4.57. The average molecular weight is 487 g/mol. The van der Waals surface area contributed by atoms with E-state index in [1.54, 1.807) is 24.6 Å². The number of nitrogen functional groups attached to an aromatic ring is 1. The van der Waals surface area contributed by atoms with E-state index in [1.807, 2.05) is 42.4 Å². The Kier molecular flexibility index (Phi) is 6.17. The maximum Gasteiger partial charge on any atom is 0.310 e. The van der Waals surface area contributed by atoms with E-state index in [2.05, 4.69) is 15.0 Å². The maximum absolute atomic E-state index is 12.6. The second-order valence-electron chi connectivity index (χ2n) is 8.56. The first-order valence-corrected chi connectivity index (χ1v) is 11.4. The number of ether oxygens (including phenoxy) is 1. The van der Waals surface area contributed by atoms with E-state index < -0.39 is 0 Å². The molecule has 0 aliphatic rings. The molecule has 0 radical (unpaired) electrons.